The van der Waals surface area contributed by atoms with E-state index >= 15 is 0 Å². The van der Waals surface area contributed by atoms with E-state index in [9.17, 15) is 23.2 Å². The molecule has 16 heteroatoms. The summed E-state index contributed by atoms with van der Waals surface area (Å²) in [6.07, 6.45) is 3.42. The third-order valence-electron chi connectivity index (χ3n) is 8.68. The van der Waals surface area contributed by atoms with E-state index in [1.165, 1.54) is 16.8 Å². The highest BCUT2D eigenvalue weighted by molar-refractivity contribution is 5.85. The van der Waals surface area contributed by atoms with E-state index in [2.05, 4.69) is 20.2 Å². The first kappa shape index (κ1) is 34.6. The normalized spacial score (nSPS) is 16.6. The third-order valence-corrected chi connectivity index (χ3v) is 8.68. The number of nitrogens with zero attached hydrogens (tertiary/aromatic N) is 6. The van der Waals surface area contributed by atoms with E-state index in [4.69, 9.17) is 15.2 Å². The molecule has 4 aromatic rings. The number of nitrogens with two attached hydrogens (primary N) is 1. The van der Waals surface area contributed by atoms with Gasteiger partial charge in [0.15, 0.2) is 0 Å². The molecule has 0 saturated carbocycles. The Morgan fingerprint density at radius 2 is 1.83 bits per heavy atom. The van der Waals surface area contributed by atoms with Crippen LogP contribution in [0.1, 0.15) is 25.0 Å². The molecule has 3 N–H and O–H groups in total. The number of amides is 2. The largest absolute Gasteiger partial charge is 0.460 e. The number of anilines is 1. The molecule has 256 valence electrons. The van der Waals surface area contributed by atoms with Crippen LogP contribution in [0.15, 0.2) is 53.6 Å². The molecular weight excluding hydrogens is 650 g/mol. The monoisotopic (exact) mass is 686 g/mol. The molecule has 4 heterocycles. The molecule has 0 bridgehead atoms. The van der Waals surface area contributed by atoms with Crippen LogP contribution in [0.5, 0.6) is 5.75 Å². The second-order valence-electron chi connectivity index (χ2n) is 12.1. The van der Waals surface area contributed by atoms with Crippen molar-refractivity contribution < 1.29 is 27.8 Å². The summed E-state index contributed by atoms with van der Waals surface area (Å²) in [5.74, 6) is -0.185. The Bertz CT molecular complexity index is 1870. The first-order valence-corrected chi connectivity index (χ1v) is 15.3. The van der Waals surface area contributed by atoms with Crippen LogP contribution in [-0.2, 0) is 29.7 Å². The summed E-state index contributed by atoms with van der Waals surface area (Å²) < 4.78 is 40.0. The number of carbonyl (C=O) groups excluding carboxylic acids is 2. The molecule has 0 spiro atoms. The molecule has 2 aliphatic heterocycles. The van der Waals surface area contributed by atoms with E-state index in [-0.39, 0.29) is 54.9 Å². The maximum Gasteiger partial charge on any atom is 0.387 e. The maximum absolute atomic E-state index is 13.4. The number of fused-ring (bicyclic) bond motifs is 2. The van der Waals surface area contributed by atoms with Crippen LogP contribution in [0.25, 0.3) is 22.0 Å². The van der Waals surface area contributed by atoms with Crippen LogP contribution in [0, 0.1) is 5.92 Å². The van der Waals surface area contributed by atoms with E-state index < -0.39 is 18.6 Å². The van der Waals surface area contributed by atoms with E-state index in [1.54, 1.807) is 50.1 Å². The number of esters is 1. The molecule has 13 nitrogen and oxygen atoms in total. The Morgan fingerprint density at radius 1 is 1.08 bits per heavy atom. The molecule has 0 unspecified atom stereocenters. The fourth-order valence-electron chi connectivity index (χ4n) is 5.90. The van der Waals surface area contributed by atoms with Crippen LogP contribution in [0.2, 0.25) is 0 Å². The number of benzene rings is 2. The van der Waals surface area contributed by atoms with Crippen molar-refractivity contribution in [1.82, 2.24) is 29.5 Å². The standard InChI is InChI=1S/C32H36F2N8O5.ClH/c1-18(2)27(35)29(44)46-17-19-4-7-26(47-30(33)34)21(10-19)15-42-25-11-20(5-6-24(25)28(43)39(42)3)22-12-36-31(37-13-22)40-8-9-41-23(16-40)14-38-32(41)45;/h4-7,10-13,18,23,27,30H,8-9,14-17,35H2,1-3H3,(H,38,45);1H/t23-,27+;/m1./s1. The zero-order chi connectivity index (χ0) is 33.4. The van der Waals surface area contributed by atoms with Crippen LogP contribution >= 0.6 is 12.4 Å². The average Bonchev–Trinajstić information content (AvgIpc) is 3.55. The van der Waals surface area contributed by atoms with Crippen LogP contribution in [-0.4, -0.2) is 81.1 Å². The number of hydrogen-bond donors (Lipinski definition) is 2. The van der Waals surface area contributed by atoms with Gasteiger partial charge in [-0.05, 0) is 41.3 Å². The van der Waals surface area contributed by atoms with Gasteiger partial charge in [-0.2, -0.15) is 8.78 Å². The Morgan fingerprint density at radius 3 is 2.54 bits per heavy atom. The summed E-state index contributed by atoms with van der Waals surface area (Å²) in [5.41, 5.74) is 8.57. The second-order valence-corrected chi connectivity index (χ2v) is 12.1. The Kier molecular flexibility index (Phi) is 10.2. The summed E-state index contributed by atoms with van der Waals surface area (Å²) in [4.78, 5) is 50.5. The number of alkyl halides is 2. The number of carbonyl (C=O) groups is 2. The molecule has 2 saturated heterocycles. The predicted molar refractivity (Wildman–Crippen MR) is 176 cm³/mol. The number of aromatic nitrogens is 4. The predicted octanol–water partition coefficient (Wildman–Crippen LogP) is 3.11. The van der Waals surface area contributed by atoms with Gasteiger partial charge in [0.2, 0.25) is 5.95 Å². The Balaban J connectivity index is 0.00000451. The van der Waals surface area contributed by atoms with Crippen molar-refractivity contribution in [1.29, 1.82) is 0 Å². The summed E-state index contributed by atoms with van der Waals surface area (Å²) in [6, 6.07) is 9.12. The molecule has 2 fully saturated rings. The van der Waals surface area contributed by atoms with Crippen molar-refractivity contribution in [2.24, 2.45) is 18.7 Å². The van der Waals surface area contributed by atoms with Crippen LogP contribution < -0.4 is 26.2 Å². The van der Waals surface area contributed by atoms with Gasteiger partial charge in [-0.1, -0.05) is 26.0 Å². The smallest absolute Gasteiger partial charge is 0.387 e. The van der Waals surface area contributed by atoms with Crippen LogP contribution in [0.3, 0.4) is 0 Å². The van der Waals surface area contributed by atoms with Gasteiger partial charge in [-0.3, -0.25) is 19.0 Å². The fourth-order valence-corrected chi connectivity index (χ4v) is 5.90. The molecular formula is C32H37ClF2N8O5. The number of urea groups is 1. The number of piperazine rings is 1. The summed E-state index contributed by atoms with van der Waals surface area (Å²) in [5, 5.41) is 3.31. The van der Waals surface area contributed by atoms with E-state index in [1.807, 2.05) is 17.0 Å². The van der Waals surface area contributed by atoms with Gasteiger partial charge in [0.25, 0.3) is 5.56 Å². The van der Waals surface area contributed by atoms with Crippen LogP contribution in [0.4, 0.5) is 19.5 Å². The van der Waals surface area contributed by atoms with Gasteiger partial charge >= 0.3 is 18.6 Å². The second kappa shape index (κ2) is 14.2. The fraction of sp³-hybridized carbons (Fsp3) is 0.406. The molecule has 0 aliphatic carbocycles. The minimum Gasteiger partial charge on any atom is -0.460 e. The highest BCUT2D eigenvalue weighted by Crippen LogP contribution is 2.28. The zero-order valence-electron chi connectivity index (χ0n) is 26.6. The van der Waals surface area contributed by atoms with Gasteiger partial charge < -0.3 is 30.3 Å². The number of hydrogen-bond acceptors (Lipinski definition) is 9. The minimum atomic E-state index is -3.07. The Labute approximate surface area is 281 Å². The molecule has 6 rings (SSSR count). The van der Waals surface area contributed by atoms with Crippen molar-refractivity contribution in [2.75, 3.05) is 31.1 Å². The van der Waals surface area contributed by atoms with Gasteiger partial charge in [0, 0.05) is 56.7 Å². The number of halogens is 3. The quantitative estimate of drug-likeness (QED) is 0.240. The molecule has 2 aromatic heterocycles. The van der Waals surface area contributed by atoms with E-state index in [0.29, 0.717) is 54.2 Å². The minimum absolute atomic E-state index is 0. The number of nitrogens with one attached hydrogen (secondary N) is 1. The van der Waals surface area contributed by atoms with Gasteiger partial charge in [-0.25, -0.2) is 14.8 Å². The Hall–Kier alpha value is -4.76. The molecule has 2 amide bonds. The van der Waals surface area contributed by atoms with Crippen molar-refractivity contribution >= 4 is 41.3 Å². The van der Waals surface area contributed by atoms with Crippen molar-refractivity contribution in [3.05, 3.63) is 70.3 Å². The first-order chi connectivity index (χ1) is 22.5. The SMILES string of the molecule is CC(C)[C@H](N)C(=O)OCc1ccc(OC(F)F)c(Cn2c3cc(-c4cnc(N5CCN6C(=O)NC[C@@H]6C5)nc4)ccc3c(=O)n2C)c1.Cl. The van der Waals surface area contributed by atoms with Gasteiger partial charge in [0.1, 0.15) is 18.4 Å². The molecule has 2 atom stereocenters. The highest BCUT2D eigenvalue weighted by atomic mass is 35.5. The third kappa shape index (κ3) is 6.92. The molecule has 48 heavy (non-hydrogen) atoms. The molecule has 0 radical (unpaired) electrons. The highest BCUT2D eigenvalue weighted by Gasteiger charge is 2.36. The molecule has 2 aliphatic rings. The van der Waals surface area contributed by atoms with Crippen molar-refractivity contribution in [3.63, 3.8) is 0 Å². The van der Waals surface area contributed by atoms with Crippen molar-refractivity contribution in [3.8, 4) is 16.9 Å². The maximum atomic E-state index is 13.4. The van der Waals surface area contributed by atoms with Gasteiger partial charge in [-0.15, -0.1) is 12.4 Å². The lowest BCUT2D eigenvalue weighted by molar-refractivity contribution is -0.147. The first-order valence-electron chi connectivity index (χ1n) is 15.3. The summed E-state index contributed by atoms with van der Waals surface area (Å²) >= 11 is 0. The topological polar surface area (TPSA) is 150 Å². The van der Waals surface area contributed by atoms with Gasteiger partial charge in [0.05, 0.1) is 23.5 Å². The average molecular weight is 687 g/mol. The van der Waals surface area contributed by atoms with Crippen molar-refractivity contribution in [2.45, 2.75) is 45.7 Å². The zero-order valence-corrected chi connectivity index (χ0v) is 27.5. The lowest BCUT2D eigenvalue weighted by atomic mass is 10.1. The lowest BCUT2D eigenvalue weighted by Gasteiger charge is -2.36. The number of rotatable bonds is 10. The van der Waals surface area contributed by atoms with E-state index in [0.717, 1.165) is 11.1 Å². The lowest BCUT2D eigenvalue weighted by Crippen LogP contribution is -2.52. The number of ether oxygens (including phenoxy) is 2. The summed E-state index contributed by atoms with van der Waals surface area (Å²) in [7, 11) is 1.60. The summed E-state index contributed by atoms with van der Waals surface area (Å²) in [6.45, 7) is 2.88. The molecule has 2 aromatic carbocycles.